The third kappa shape index (κ3) is 3.99. The van der Waals surface area contributed by atoms with Crippen molar-refractivity contribution >= 4 is 0 Å². The highest BCUT2D eigenvalue weighted by molar-refractivity contribution is 5.24. The fourth-order valence-electron chi connectivity index (χ4n) is 3.19. The van der Waals surface area contributed by atoms with E-state index in [-0.39, 0.29) is 6.04 Å². The molecule has 0 spiro atoms. The summed E-state index contributed by atoms with van der Waals surface area (Å²) in [5.41, 5.74) is 1.27. The molecule has 0 bridgehead atoms. The maximum Gasteiger partial charge on any atom is 0.173 e. The summed E-state index contributed by atoms with van der Waals surface area (Å²) in [7, 11) is 2.18. The molecule has 2 aromatic rings. The van der Waals surface area contributed by atoms with Crippen molar-refractivity contribution in [3.05, 3.63) is 41.7 Å². The molecule has 1 atom stereocenters. The zero-order valence-electron chi connectivity index (χ0n) is 15.0. The first-order valence-electron chi connectivity index (χ1n) is 8.88. The molecular weight excluding hydrogens is 300 g/mol. The predicted octanol–water partition coefficient (Wildman–Crippen LogP) is 2.06. The number of nitrogens with zero attached hydrogens (tertiary/aromatic N) is 6. The van der Waals surface area contributed by atoms with Crippen molar-refractivity contribution < 1.29 is 0 Å². The van der Waals surface area contributed by atoms with Crippen LogP contribution < -0.4 is 0 Å². The fraction of sp³-hybridized carbons (Fsp3) is 0.611. The van der Waals surface area contributed by atoms with Gasteiger partial charge >= 0.3 is 0 Å². The van der Waals surface area contributed by atoms with Gasteiger partial charge in [0, 0.05) is 32.7 Å². The van der Waals surface area contributed by atoms with Gasteiger partial charge in [-0.15, -0.1) is 5.10 Å². The standard InChI is InChI=1S/C18H28N6/c1-15(2)9-10-24-18(19-20-21-24)17(16-7-5-4-6-8-16)23-13-11-22(3)12-14-23/h4-8,15,17H,9-14H2,1-3H3/t17-/m0/s1. The van der Waals surface area contributed by atoms with E-state index in [0.29, 0.717) is 5.92 Å². The maximum absolute atomic E-state index is 4.41. The van der Waals surface area contributed by atoms with E-state index < -0.39 is 0 Å². The zero-order valence-corrected chi connectivity index (χ0v) is 15.0. The van der Waals surface area contributed by atoms with Gasteiger partial charge in [0.1, 0.15) is 0 Å². The van der Waals surface area contributed by atoms with Crippen molar-refractivity contribution in [3.63, 3.8) is 0 Å². The van der Waals surface area contributed by atoms with Gasteiger partial charge in [0.25, 0.3) is 0 Å². The van der Waals surface area contributed by atoms with Gasteiger partial charge in [-0.3, -0.25) is 4.90 Å². The predicted molar refractivity (Wildman–Crippen MR) is 94.6 cm³/mol. The minimum Gasteiger partial charge on any atom is -0.304 e. The van der Waals surface area contributed by atoms with Crippen LogP contribution in [0.2, 0.25) is 0 Å². The van der Waals surface area contributed by atoms with Gasteiger partial charge < -0.3 is 4.90 Å². The summed E-state index contributed by atoms with van der Waals surface area (Å²) in [6, 6.07) is 10.8. The molecule has 6 nitrogen and oxygen atoms in total. The van der Waals surface area contributed by atoms with Gasteiger partial charge in [0.05, 0.1) is 6.04 Å². The second-order valence-electron chi connectivity index (χ2n) is 7.10. The monoisotopic (exact) mass is 328 g/mol. The molecule has 1 fully saturated rings. The molecule has 0 amide bonds. The summed E-state index contributed by atoms with van der Waals surface area (Å²) in [6.45, 7) is 9.57. The molecule has 1 aromatic carbocycles. The fourth-order valence-corrected chi connectivity index (χ4v) is 3.19. The summed E-state index contributed by atoms with van der Waals surface area (Å²) in [6.07, 6.45) is 1.09. The van der Waals surface area contributed by atoms with Gasteiger partial charge in [-0.25, -0.2) is 4.68 Å². The number of hydrogen-bond donors (Lipinski definition) is 0. The Labute approximate surface area is 144 Å². The lowest BCUT2D eigenvalue weighted by atomic mass is 10.0. The lowest BCUT2D eigenvalue weighted by Crippen LogP contribution is -2.46. The molecule has 1 aromatic heterocycles. The molecule has 1 aliphatic heterocycles. The van der Waals surface area contributed by atoms with Crippen LogP contribution in [-0.4, -0.2) is 63.2 Å². The number of hydrogen-bond acceptors (Lipinski definition) is 5. The van der Waals surface area contributed by atoms with Gasteiger partial charge in [-0.1, -0.05) is 44.2 Å². The van der Waals surface area contributed by atoms with E-state index in [1.165, 1.54) is 5.56 Å². The van der Waals surface area contributed by atoms with Crippen LogP contribution in [0.25, 0.3) is 0 Å². The van der Waals surface area contributed by atoms with Crippen molar-refractivity contribution in [2.75, 3.05) is 33.2 Å². The lowest BCUT2D eigenvalue weighted by molar-refractivity contribution is 0.121. The Kier molecular flexibility index (Phi) is 5.58. The van der Waals surface area contributed by atoms with Crippen LogP contribution in [0.15, 0.2) is 30.3 Å². The highest BCUT2D eigenvalue weighted by atomic mass is 15.6. The molecule has 2 heterocycles. The average molecular weight is 328 g/mol. The summed E-state index contributed by atoms with van der Waals surface area (Å²) >= 11 is 0. The first kappa shape index (κ1) is 17.0. The van der Waals surface area contributed by atoms with Crippen LogP contribution in [0.3, 0.4) is 0 Å². The van der Waals surface area contributed by atoms with Crippen molar-refractivity contribution in [3.8, 4) is 0 Å². The first-order valence-corrected chi connectivity index (χ1v) is 8.88. The van der Waals surface area contributed by atoms with Gasteiger partial charge in [0.2, 0.25) is 0 Å². The third-order valence-corrected chi connectivity index (χ3v) is 4.74. The Morgan fingerprint density at radius 3 is 2.42 bits per heavy atom. The van der Waals surface area contributed by atoms with Gasteiger partial charge in [-0.05, 0) is 35.4 Å². The highest BCUT2D eigenvalue weighted by Gasteiger charge is 2.29. The molecule has 1 aliphatic rings. The summed E-state index contributed by atoms with van der Waals surface area (Å²) in [5, 5.41) is 12.7. The Bertz CT molecular complexity index is 615. The van der Waals surface area contributed by atoms with Crippen molar-refractivity contribution in [2.45, 2.75) is 32.9 Å². The molecule has 3 rings (SSSR count). The number of tetrazole rings is 1. The van der Waals surface area contributed by atoms with Crippen LogP contribution in [0, 0.1) is 5.92 Å². The number of rotatable bonds is 6. The third-order valence-electron chi connectivity index (χ3n) is 4.74. The van der Waals surface area contributed by atoms with Crippen LogP contribution in [0.5, 0.6) is 0 Å². The number of likely N-dealkylation sites (N-methyl/N-ethyl adjacent to an activating group) is 1. The lowest BCUT2D eigenvalue weighted by Gasteiger charge is -2.37. The Hall–Kier alpha value is -1.79. The minimum atomic E-state index is 0.127. The average Bonchev–Trinajstić information content (AvgIpc) is 3.04. The Balaban J connectivity index is 1.89. The molecule has 24 heavy (non-hydrogen) atoms. The van der Waals surface area contributed by atoms with Gasteiger partial charge in [-0.2, -0.15) is 0 Å². The topological polar surface area (TPSA) is 50.1 Å². The molecule has 0 unspecified atom stereocenters. The molecule has 1 saturated heterocycles. The molecule has 130 valence electrons. The van der Waals surface area contributed by atoms with E-state index in [1.807, 2.05) is 4.68 Å². The van der Waals surface area contributed by atoms with Gasteiger partial charge in [0.15, 0.2) is 5.82 Å². The summed E-state index contributed by atoms with van der Waals surface area (Å²) in [4.78, 5) is 4.88. The Morgan fingerprint density at radius 1 is 1.04 bits per heavy atom. The minimum absolute atomic E-state index is 0.127. The second kappa shape index (κ2) is 7.85. The number of piperazine rings is 1. The number of aromatic nitrogens is 4. The normalized spacial score (nSPS) is 18.2. The van der Waals surface area contributed by atoms with E-state index in [0.717, 1.165) is 45.0 Å². The number of benzene rings is 1. The van der Waals surface area contributed by atoms with E-state index in [1.54, 1.807) is 0 Å². The smallest absolute Gasteiger partial charge is 0.173 e. The molecule has 0 saturated carbocycles. The van der Waals surface area contributed by atoms with Crippen molar-refractivity contribution in [2.24, 2.45) is 5.92 Å². The van der Waals surface area contributed by atoms with E-state index in [9.17, 15) is 0 Å². The van der Waals surface area contributed by atoms with Crippen LogP contribution in [0.4, 0.5) is 0 Å². The van der Waals surface area contributed by atoms with Crippen LogP contribution >= 0.6 is 0 Å². The second-order valence-corrected chi connectivity index (χ2v) is 7.10. The molecule has 0 aliphatic carbocycles. The van der Waals surface area contributed by atoms with E-state index >= 15 is 0 Å². The van der Waals surface area contributed by atoms with E-state index in [2.05, 4.69) is 76.6 Å². The largest absolute Gasteiger partial charge is 0.304 e. The SMILES string of the molecule is CC(C)CCn1nnnc1[C@H](c1ccccc1)N1CCN(C)CC1. The molecule has 6 heteroatoms. The van der Waals surface area contributed by atoms with Crippen LogP contribution in [0.1, 0.15) is 37.7 Å². The van der Waals surface area contributed by atoms with Crippen molar-refractivity contribution in [1.29, 1.82) is 0 Å². The van der Waals surface area contributed by atoms with E-state index in [4.69, 9.17) is 0 Å². The zero-order chi connectivity index (χ0) is 16.9. The summed E-state index contributed by atoms with van der Waals surface area (Å²) < 4.78 is 2.00. The maximum atomic E-state index is 4.41. The number of aryl methyl sites for hydroxylation is 1. The first-order chi connectivity index (χ1) is 11.6. The molecule has 0 radical (unpaired) electrons. The highest BCUT2D eigenvalue weighted by Crippen LogP contribution is 2.28. The van der Waals surface area contributed by atoms with Crippen molar-refractivity contribution in [1.82, 2.24) is 30.0 Å². The molecular formula is C18H28N6. The molecule has 0 N–H and O–H groups in total. The quantitative estimate of drug-likeness (QED) is 0.812. The summed E-state index contributed by atoms with van der Waals surface area (Å²) in [5.74, 6) is 1.60. The van der Waals surface area contributed by atoms with Crippen LogP contribution in [-0.2, 0) is 6.54 Å². The Morgan fingerprint density at radius 2 is 1.75 bits per heavy atom.